The van der Waals surface area contributed by atoms with Crippen LogP contribution in [0.25, 0.3) is 0 Å². The van der Waals surface area contributed by atoms with Crippen molar-refractivity contribution < 1.29 is 19.0 Å². The fourth-order valence-corrected chi connectivity index (χ4v) is 2.49. The van der Waals surface area contributed by atoms with Crippen molar-refractivity contribution in [1.29, 1.82) is 0 Å². The predicted octanol–water partition coefficient (Wildman–Crippen LogP) is 3.17. The number of carbonyl (C=O) groups excluding carboxylic acids is 1. The third-order valence-electron chi connectivity index (χ3n) is 3.59. The first-order valence-corrected chi connectivity index (χ1v) is 9.06. The van der Waals surface area contributed by atoms with E-state index in [9.17, 15) is 4.79 Å². The molecule has 2 aromatic rings. The van der Waals surface area contributed by atoms with Crippen LogP contribution in [0.15, 0.2) is 48.5 Å². The molecule has 0 spiro atoms. The molecule has 6 nitrogen and oxygen atoms in total. The molecule has 0 fully saturated rings. The van der Waals surface area contributed by atoms with E-state index in [0.29, 0.717) is 19.8 Å². The molecule has 2 N–H and O–H groups in total. The van der Waals surface area contributed by atoms with Gasteiger partial charge in [-0.1, -0.05) is 12.1 Å². The molecule has 144 valence electrons. The maximum absolute atomic E-state index is 12.1. The minimum atomic E-state index is -0.187. The van der Waals surface area contributed by atoms with Crippen molar-refractivity contribution in [2.75, 3.05) is 32.2 Å². The molecule has 0 aliphatic heterocycles. The zero-order valence-electron chi connectivity index (χ0n) is 15.5. The second-order valence-electron chi connectivity index (χ2n) is 5.60. The van der Waals surface area contributed by atoms with E-state index in [2.05, 4.69) is 10.6 Å². The monoisotopic (exact) mass is 388 g/mol. The molecule has 0 aliphatic carbocycles. The van der Waals surface area contributed by atoms with Crippen molar-refractivity contribution in [2.45, 2.75) is 13.3 Å². The molecule has 0 atom stereocenters. The Morgan fingerprint density at radius 1 is 1.00 bits per heavy atom. The Balaban J connectivity index is 1.76. The van der Waals surface area contributed by atoms with Crippen molar-refractivity contribution in [3.63, 3.8) is 0 Å². The van der Waals surface area contributed by atoms with E-state index in [1.807, 2.05) is 55.5 Å². The number of ether oxygens (including phenoxy) is 3. The Kier molecular flexibility index (Phi) is 8.54. The maximum atomic E-state index is 12.1. The largest absolute Gasteiger partial charge is 0.497 e. The van der Waals surface area contributed by atoms with Crippen LogP contribution in [0.5, 0.6) is 11.5 Å². The molecule has 2 aromatic carbocycles. The predicted molar refractivity (Wildman–Crippen MR) is 109 cm³/mol. The van der Waals surface area contributed by atoms with Gasteiger partial charge in [-0.25, -0.2) is 0 Å². The Morgan fingerprint density at radius 3 is 2.30 bits per heavy atom. The van der Waals surface area contributed by atoms with Gasteiger partial charge in [0.2, 0.25) is 5.91 Å². The van der Waals surface area contributed by atoms with E-state index in [0.717, 1.165) is 22.7 Å². The van der Waals surface area contributed by atoms with Crippen LogP contribution in [0.1, 0.15) is 12.5 Å². The third-order valence-corrected chi connectivity index (χ3v) is 3.79. The molecule has 0 radical (unpaired) electrons. The molecule has 0 aliphatic rings. The van der Waals surface area contributed by atoms with Gasteiger partial charge >= 0.3 is 0 Å². The number of amides is 1. The Morgan fingerprint density at radius 2 is 1.67 bits per heavy atom. The standard InChI is InChI=1S/C20H24N2O4S/c1-3-25-12-13-26-18-10-6-16(7-11-18)21-20(27)22-19(23)14-15-4-8-17(24-2)9-5-15/h4-11H,3,12-14H2,1-2H3,(H2,21,22,23,27). The van der Waals surface area contributed by atoms with Crippen molar-refractivity contribution in [3.8, 4) is 11.5 Å². The molecule has 0 bridgehead atoms. The van der Waals surface area contributed by atoms with Gasteiger partial charge in [0.1, 0.15) is 18.1 Å². The highest BCUT2D eigenvalue weighted by Gasteiger charge is 2.07. The highest BCUT2D eigenvalue weighted by Crippen LogP contribution is 2.15. The molecule has 0 unspecified atom stereocenters. The SMILES string of the molecule is CCOCCOc1ccc(NC(=S)NC(=O)Cc2ccc(OC)cc2)cc1. The number of anilines is 1. The summed E-state index contributed by atoms with van der Waals surface area (Å²) in [6, 6.07) is 14.6. The van der Waals surface area contributed by atoms with Crippen molar-refractivity contribution in [3.05, 3.63) is 54.1 Å². The fourth-order valence-electron chi connectivity index (χ4n) is 2.26. The van der Waals surface area contributed by atoms with Crippen LogP contribution in [-0.2, 0) is 16.0 Å². The summed E-state index contributed by atoms with van der Waals surface area (Å²) in [5.74, 6) is 1.31. The lowest BCUT2D eigenvalue weighted by Crippen LogP contribution is -2.35. The number of benzene rings is 2. The molecule has 0 heterocycles. The summed E-state index contributed by atoms with van der Waals surface area (Å²) in [4.78, 5) is 12.1. The van der Waals surface area contributed by atoms with E-state index in [1.165, 1.54) is 0 Å². The Labute approximate surface area is 164 Å². The van der Waals surface area contributed by atoms with Gasteiger partial charge in [-0.15, -0.1) is 0 Å². The molecule has 1 amide bonds. The van der Waals surface area contributed by atoms with Crippen LogP contribution in [0.2, 0.25) is 0 Å². The van der Waals surface area contributed by atoms with Crippen molar-refractivity contribution >= 4 is 28.9 Å². The van der Waals surface area contributed by atoms with Gasteiger partial charge in [0.25, 0.3) is 0 Å². The van der Waals surface area contributed by atoms with Gasteiger partial charge in [-0.2, -0.15) is 0 Å². The van der Waals surface area contributed by atoms with Crippen LogP contribution >= 0.6 is 12.2 Å². The minimum absolute atomic E-state index is 0.187. The first-order chi connectivity index (χ1) is 13.1. The van der Waals surface area contributed by atoms with Crippen LogP contribution < -0.4 is 20.1 Å². The number of carbonyl (C=O) groups is 1. The van der Waals surface area contributed by atoms with E-state index in [1.54, 1.807) is 7.11 Å². The van der Waals surface area contributed by atoms with E-state index in [4.69, 9.17) is 26.4 Å². The van der Waals surface area contributed by atoms with E-state index >= 15 is 0 Å². The minimum Gasteiger partial charge on any atom is -0.497 e. The first-order valence-electron chi connectivity index (χ1n) is 8.65. The molecule has 27 heavy (non-hydrogen) atoms. The van der Waals surface area contributed by atoms with Crippen molar-refractivity contribution in [1.82, 2.24) is 5.32 Å². The number of hydrogen-bond donors (Lipinski definition) is 2. The van der Waals surface area contributed by atoms with Crippen LogP contribution in [-0.4, -0.2) is 38.0 Å². The Hall–Kier alpha value is -2.64. The number of hydrogen-bond acceptors (Lipinski definition) is 5. The Bertz CT molecular complexity index is 733. The topological polar surface area (TPSA) is 68.8 Å². The molecular formula is C20H24N2O4S. The molecular weight excluding hydrogens is 364 g/mol. The first kappa shape index (κ1) is 20.7. The van der Waals surface area contributed by atoms with Crippen LogP contribution in [0, 0.1) is 0 Å². The summed E-state index contributed by atoms with van der Waals surface area (Å²) < 4.78 is 15.9. The van der Waals surface area contributed by atoms with Crippen molar-refractivity contribution in [2.24, 2.45) is 0 Å². The summed E-state index contributed by atoms with van der Waals surface area (Å²) in [5, 5.41) is 5.90. The van der Waals surface area contributed by atoms with E-state index < -0.39 is 0 Å². The molecule has 7 heteroatoms. The third kappa shape index (κ3) is 7.64. The van der Waals surface area contributed by atoms with Crippen LogP contribution in [0.3, 0.4) is 0 Å². The normalized spacial score (nSPS) is 10.1. The maximum Gasteiger partial charge on any atom is 0.230 e. The lowest BCUT2D eigenvalue weighted by atomic mass is 10.1. The van der Waals surface area contributed by atoms with Gasteiger partial charge in [0.05, 0.1) is 20.1 Å². The number of methoxy groups -OCH3 is 1. The zero-order chi connectivity index (χ0) is 19.5. The molecule has 0 aromatic heterocycles. The second-order valence-corrected chi connectivity index (χ2v) is 6.01. The summed E-state index contributed by atoms with van der Waals surface area (Å²) in [5.41, 5.74) is 1.64. The smallest absolute Gasteiger partial charge is 0.230 e. The zero-order valence-corrected chi connectivity index (χ0v) is 16.3. The number of nitrogens with one attached hydrogen (secondary N) is 2. The van der Waals surface area contributed by atoms with Gasteiger partial charge < -0.3 is 24.8 Å². The summed E-state index contributed by atoms with van der Waals surface area (Å²) in [6.07, 6.45) is 0.235. The average molecular weight is 388 g/mol. The average Bonchev–Trinajstić information content (AvgIpc) is 2.67. The fraction of sp³-hybridized carbons (Fsp3) is 0.300. The summed E-state index contributed by atoms with van der Waals surface area (Å²) >= 11 is 5.19. The highest BCUT2D eigenvalue weighted by atomic mass is 32.1. The van der Waals surface area contributed by atoms with Gasteiger partial charge in [0, 0.05) is 12.3 Å². The molecule has 0 saturated heterocycles. The summed E-state index contributed by atoms with van der Waals surface area (Å²) in [7, 11) is 1.60. The molecule has 0 saturated carbocycles. The lowest BCUT2D eigenvalue weighted by Gasteiger charge is -2.11. The van der Waals surface area contributed by atoms with Gasteiger partial charge in [-0.3, -0.25) is 4.79 Å². The molecule has 2 rings (SSSR count). The quantitative estimate of drug-likeness (QED) is 0.508. The number of rotatable bonds is 9. The lowest BCUT2D eigenvalue weighted by molar-refractivity contribution is -0.119. The number of thiocarbonyl (C=S) groups is 1. The summed E-state index contributed by atoms with van der Waals surface area (Å²) in [6.45, 7) is 3.67. The van der Waals surface area contributed by atoms with Gasteiger partial charge in [0.15, 0.2) is 5.11 Å². The van der Waals surface area contributed by atoms with E-state index in [-0.39, 0.29) is 17.4 Å². The highest BCUT2D eigenvalue weighted by molar-refractivity contribution is 7.80. The second kappa shape index (κ2) is 11.2. The van der Waals surface area contributed by atoms with Crippen LogP contribution in [0.4, 0.5) is 5.69 Å². The van der Waals surface area contributed by atoms with Gasteiger partial charge in [-0.05, 0) is 61.1 Å².